The maximum atomic E-state index is 9.85. The third-order valence-corrected chi connectivity index (χ3v) is 1.18. The molecule has 0 aromatic carbocycles. The Labute approximate surface area is 60.8 Å². The number of ether oxygens (including phenoxy) is 1. The van der Waals surface area contributed by atoms with Crippen molar-refractivity contribution in [3.8, 4) is 0 Å². The summed E-state index contributed by atoms with van der Waals surface area (Å²) in [6.45, 7) is 3.24. The summed E-state index contributed by atoms with van der Waals surface area (Å²) >= 11 is 2.77. The van der Waals surface area contributed by atoms with Crippen molar-refractivity contribution in [1.82, 2.24) is 0 Å². The molecule has 0 saturated carbocycles. The van der Waals surface area contributed by atoms with E-state index in [1.165, 1.54) is 0 Å². The summed E-state index contributed by atoms with van der Waals surface area (Å²) in [6, 6.07) is 0. The van der Waals surface area contributed by atoms with E-state index in [0.29, 0.717) is 0 Å². The van der Waals surface area contributed by atoms with Gasteiger partial charge in [0, 0.05) is 20.9 Å². The molecule has 0 aromatic heterocycles. The standard InChI is InChI=1S/C4H6BrNO3/c1-2-9-3-4(5)6(7)8/h2,4H,1,3H2. The predicted octanol–water partition coefficient (Wildman–Crippen LogP) is 1.14. The first kappa shape index (κ1) is 8.42. The van der Waals surface area contributed by atoms with Gasteiger partial charge >= 0.3 is 0 Å². The monoisotopic (exact) mass is 195 g/mol. The molecule has 0 fully saturated rings. The van der Waals surface area contributed by atoms with E-state index in [4.69, 9.17) is 0 Å². The molecule has 0 aliphatic carbocycles. The van der Waals surface area contributed by atoms with E-state index in [1.54, 1.807) is 0 Å². The van der Waals surface area contributed by atoms with Crippen LogP contribution in [0.3, 0.4) is 0 Å². The van der Waals surface area contributed by atoms with Crippen molar-refractivity contribution in [2.75, 3.05) is 6.61 Å². The average Bonchev–Trinajstić information content (AvgIpc) is 1.82. The fourth-order valence-corrected chi connectivity index (χ4v) is 0.361. The van der Waals surface area contributed by atoms with Gasteiger partial charge in [-0.05, 0) is 0 Å². The van der Waals surface area contributed by atoms with Crippen molar-refractivity contribution < 1.29 is 9.66 Å². The summed E-state index contributed by atoms with van der Waals surface area (Å²) in [6.07, 6.45) is 1.16. The number of alkyl halides is 1. The number of hydrogen-bond acceptors (Lipinski definition) is 3. The summed E-state index contributed by atoms with van der Waals surface area (Å²) < 4.78 is 4.53. The Morgan fingerprint density at radius 1 is 2.00 bits per heavy atom. The van der Waals surface area contributed by atoms with Crippen molar-refractivity contribution in [1.29, 1.82) is 0 Å². The Bertz CT molecular complexity index is 116. The van der Waals surface area contributed by atoms with E-state index in [0.717, 1.165) is 6.26 Å². The zero-order chi connectivity index (χ0) is 7.28. The van der Waals surface area contributed by atoms with Crippen LogP contribution in [-0.2, 0) is 4.74 Å². The Hall–Kier alpha value is -0.580. The van der Waals surface area contributed by atoms with Gasteiger partial charge < -0.3 is 4.74 Å². The fraction of sp³-hybridized carbons (Fsp3) is 0.500. The molecule has 0 bridgehead atoms. The number of nitro groups is 1. The maximum Gasteiger partial charge on any atom is 0.299 e. The summed E-state index contributed by atoms with van der Waals surface area (Å²) in [5, 5.41) is 9.85. The molecule has 5 heteroatoms. The summed E-state index contributed by atoms with van der Waals surface area (Å²) in [5.41, 5.74) is 0. The van der Waals surface area contributed by atoms with Crippen LogP contribution < -0.4 is 0 Å². The van der Waals surface area contributed by atoms with Gasteiger partial charge in [-0.3, -0.25) is 10.1 Å². The van der Waals surface area contributed by atoms with E-state index in [1.807, 2.05) is 0 Å². The van der Waals surface area contributed by atoms with Crippen LogP contribution in [0.2, 0.25) is 0 Å². The highest BCUT2D eigenvalue weighted by Crippen LogP contribution is 1.99. The number of nitrogens with zero attached hydrogens (tertiary/aromatic N) is 1. The molecule has 0 rings (SSSR count). The molecule has 0 heterocycles. The van der Waals surface area contributed by atoms with Crippen LogP contribution in [0, 0.1) is 10.1 Å². The third-order valence-electron chi connectivity index (χ3n) is 0.580. The first-order chi connectivity index (χ1) is 4.18. The number of hydrogen-bond donors (Lipinski definition) is 0. The topological polar surface area (TPSA) is 52.4 Å². The van der Waals surface area contributed by atoms with E-state index >= 15 is 0 Å². The molecule has 52 valence electrons. The SMILES string of the molecule is C=COCC(Br)[N+](=O)[O-]. The van der Waals surface area contributed by atoms with Crippen LogP contribution in [0.4, 0.5) is 0 Å². The third kappa shape index (κ3) is 3.96. The van der Waals surface area contributed by atoms with Gasteiger partial charge in [-0.2, -0.15) is 0 Å². The molecule has 9 heavy (non-hydrogen) atoms. The predicted molar refractivity (Wildman–Crippen MR) is 35.9 cm³/mol. The van der Waals surface area contributed by atoms with E-state index in [2.05, 4.69) is 27.2 Å². The Kier molecular flexibility index (Phi) is 4.04. The van der Waals surface area contributed by atoms with Gasteiger partial charge in [0.1, 0.15) is 0 Å². The quantitative estimate of drug-likeness (QED) is 0.223. The zero-order valence-electron chi connectivity index (χ0n) is 4.62. The summed E-state index contributed by atoms with van der Waals surface area (Å²) in [4.78, 5) is 8.53. The second-order valence-electron chi connectivity index (χ2n) is 1.22. The van der Waals surface area contributed by atoms with Gasteiger partial charge in [0.05, 0.1) is 6.26 Å². The lowest BCUT2D eigenvalue weighted by Crippen LogP contribution is -2.16. The lowest BCUT2D eigenvalue weighted by molar-refractivity contribution is -0.495. The average molecular weight is 196 g/mol. The second kappa shape index (κ2) is 4.31. The summed E-state index contributed by atoms with van der Waals surface area (Å²) in [5.74, 6) is 0. The summed E-state index contributed by atoms with van der Waals surface area (Å²) in [7, 11) is 0. The van der Waals surface area contributed by atoms with Crippen molar-refractivity contribution in [3.05, 3.63) is 23.0 Å². The molecule has 0 aliphatic rings. The zero-order valence-corrected chi connectivity index (χ0v) is 6.20. The lowest BCUT2D eigenvalue weighted by atomic mass is 10.7. The van der Waals surface area contributed by atoms with Crippen molar-refractivity contribution in [2.24, 2.45) is 0 Å². The van der Waals surface area contributed by atoms with Gasteiger partial charge in [0.25, 0.3) is 4.95 Å². The maximum absolute atomic E-state index is 9.85. The van der Waals surface area contributed by atoms with Gasteiger partial charge in [-0.15, -0.1) is 0 Å². The smallest absolute Gasteiger partial charge is 0.299 e. The molecule has 0 N–H and O–H groups in total. The number of halogens is 1. The molecule has 0 aliphatic heterocycles. The molecule has 0 amide bonds. The molecule has 1 unspecified atom stereocenters. The second-order valence-corrected chi connectivity index (χ2v) is 2.28. The first-order valence-corrected chi connectivity index (χ1v) is 3.10. The van der Waals surface area contributed by atoms with Crippen LogP contribution in [0.15, 0.2) is 12.8 Å². The minimum Gasteiger partial charge on any atom is -0.494 e. The Balaban J connectivity index is 3.37. The van der Waals surface area contributed by atoms with Gasteiger partial charge in [0.2, 0.25) is 0 Å². The van der Waals surface area contributed by atoms with Crippen LogP contribution in [0.1, 0.15) is 0 Å². The van der Waals surface area contributed by atoms with E-state index < -0.39 is 9.87 Å². The molecule has 1 atom stereocenters. The van der Waals surface area contributed by atoms with E-state index in [9.17, 15) is 10.1 Å². The molecular weight excluding hydrogens is 190 g/mol. The molecule has 0 spiro atoms. The molecule has 4 nitrogen and oxygen atoms in total. The highest BCUT2D eigenvalue weighted by molar-refractivity contribution is 9.09. The molecule has 0 saturated heterocycles. The van der Waals surface area contributed by atoms with Crippen molar-refractivity contribution in [3.63, 3.8) is 0 Å². The Morgan fingerprint density at radius 3 is 2.89 bits per heavy atom. The van der Waals surface area contributed by atoms with Crippen LogP contribution in [-0.4, -0.2) is 16.5 Å². The molecule has 0 radical (unpaired) electrons. The Morgan fingerprint density at radius 2 is 2.56 bits per heavy atom. The van der Waals surface area contributed by atoms with Crippen LogP contribution in [0.25, 0.3) is 0 Å². The van der Waals surface area contributed by atoms with Gasteiger partial charge in [-0.1, -0.05) is 6.58 Å². The van der Waals surface area contributed by atoms with E-state index in [-0.39, 0.29) is 6.61 Å². The van der Waals surface area contributed by atoms with Gasteiger partial charge in [0.15, 0.2) is 6.61 Å². The number of rotatable bonds is 4. The minimum atomic E-state index is -0.838. The van der Waals surface area contributed by atoms with Crippen molar-refractivity contribution in [2.45, 2.75) is 4.95 Å². The van der Waals surface area contributed by atoms with Crippen LogP contribution in [0.5, 0.6) is 0 Å². The molecule has 0 aromatic rings. The first-order valence-electron chi connectivity index (χ1n) is 2.18. The fourth-order valence-electron chi connectivity index (χ4n) is 0.208. The highest BCUT2D eigenvalue weighted by Gasteiger charge is 2.13. The van der Waals surface area contributed by atoms with Crippen LogP contribution >= 0.6 is 15.9 Å². The van der Waals surface area contributed by atoms with Crippen molar-refractivity contribution >= 4 is 15.9 Å². The molecular formula is C4H6BrNO3. The normalized spacial score (nSPS) is 12.1. The lowest BCUT2D eigenvalue weighted by Gasteiger charge is -1.99. The highest BCUT2D eigenvalue weighted by atomic mass is 79.9. The largest absolute Gasteiger partial charge is 0.494 e. The van der Waals surface area contributed by atoms with Gasteiger partial charge in [-0.25, -0.2) is 0 Å². The minimum absolute atomic E-state index is 0.0104.